The molecule has 114 valence electrons. The van der Waals surface area contributed by atoms with Crippen molar-refractivity contribution in [3.63, 3.8) is 0 Å². The lowest BCUT2D eigenvalue weighted by Crippen LogP contribution is -2.45. The molecule has 0 spiro atoms. The first kappa shape index (κ1) is 17.4. The summed E-state index contributed by atoms with van der Waals surface area (Å²) in [6.07, 6.45) is 1.79. The summed E-state index contributed by atoms with van der Waals surface area (Å²) >= 11 is 3.34. The first-order chi connectivity index (χ1) is 9.86. The molecule has 0 amide bonds. The molecule has 0 radical (unpaired) electrons. The van der Waals surface area contributed by atoms with Crippen molar-refractivity contribution in [2.45, 2.75) is 32.6 Å². The van der Waals surface area contributed by atoms with Crippen molar-refractivity contribution in [3.05, 3.63) is 46.0 Å². The minimum absolute atomic E-state index is 0.0477. The number of aliphatic carboxylic acids is 1. The van der Waals surface area contributed by atoms with E-state index in [1.54, 1.807) is 37.3 Å². The van der Waals surface area contributed by atoms with Gasteiger partial charge in [-0.15, -0.1) is 0 Å². The Bertz CT molecular complexity index is 561. The number of hydrogen-bond acceptors (Lipinski definition) is 3. The Morgan fingerprint density at radius 1 is 1.33 bits per heavy atom. The molecule has 0 bridgehead atoms. The molecule has 1 aromatic carbocycles. The van der Waals surface area contributed by atoms with E-state index in [9.17, 15) is 14.7 Å². The van der Waals surface area contributed by atoms with Crippen LogP contribution in [0, 0.1) is 0 Å². The molecule has 1 aromatic rings. The molecule has 0 saturated heterocycles. The molecule has 0 saturated carbocycles. The first-order valence-electron chi connectivity index (χ1n) is 6.65. The second-order valence-corrected chi connectivity index (χ2v) is 5.75. The summed E-state index contributed by atoms with van der Waals surface area (Å²) in [4.78, 5) is 24.4. The largest absolute Gasteiger partial charge is 0.480 e. The van der Waals surface area contributed by atoms with Crippen molar-refractivity contribution in [2.75, 3.05) is 6.61 Å². The number of carboxylic acid groups (broad SMARTS) is 1. The van der Waals surface area contributed by atoms with Crippen LogP contribution in [0.2, 0.25) is 0 Å². The Morgan fingerprint density at radius 3 is 2.43 bits per heavy atom. The quantitative estimate of drug-likeness (QED) is 0.480. The maximum absolute atomic E-state index is 12.4. The van der Waals surface area contributed by atoms with Crippen molar-refractivity contribution in [2.24, 2.45) is 0 Å². The predicted molar refractivity (Wildman–Crippen MR) is 84.1 cm³/mol. The number of ether oxygens (including phenoxy) is 1. The van der Waals surface area contributed by atoms with E-state index in [1.165, 1.54) is 0 Å². The lowest BCUT2D eigenvalue weighted by molar-refractivity contribution is -0.161. The number of benzene rings is 1. The molecule has 1 rings (SSSR count). The third kappa shape index (κ3) is 3.73. The van der Waals surface area contributed by atoms with Crippen LogP contribution in [-0.4, -0.2) is 23.7 Å². The van der Waals surface area contributed by atoms with Gasteiger partial charge in [0, 0.05) is 4.47 Å². The summed E-state index contributed by atoms with van der Waals surface area (Å²) in [6.45, 7) is 5.51. The third-order valence-electron chi connectivity index (χ3n) is 3.14. The van der Waals surface area contributed by atoms with Crippen LogP contribution < -0.4 is 0 Å². The molecular weight excluding hydrogens is 336 g/mol. The molecule has 21 heavy (non-hydrogen) atoms. The molecule has 1 unspecified atom stereocenters. The van der Waals surface area contributed by atoms with Crippen molar-refractivity contribution in [3.8, 4) is 0 Å². The third-order valence-corrected chi connectivity index (χ3v) is 3.83. The molecule has 4 nitrogen and oxygen atoms in total. The lowest BCUT2D eigenvalue weighted by Gasteiger charge is -2.27. The Hall–Kier alpha value is -1.62. The Morgan fingerprint density at radius 2 is 1.95 bits per heavy atom. The van der Waals surface area contributed by atoms with Gasteiger partial charge in [0.25, 0.3) is 0 Å². The van der Waals surface area contributed by atoms with E-state index in [0.29, 0.717) is 10.0 Å². The van der Waals surface area contributed by atoms with Gasteiger partial charge in [-0.25, -0.2) is 0 Å². The van der Waals surface area contributed by atoms with Gasteiger partial charge in [-0.05, 0) is 38.8 Å². The zero-order chi connectivity index (χ0) is 16.0. The van der Waals surface area contributed by atoms with Crippen LogP contribution in [0.1, 0.15) is 32.8 Å². The Labute approximate surface area is 132 Å². The molecule has 1 N–H and O–H groups in total. The Balaban J connectivity index is 3.51. The highest BCUT2D eigenvalue weighted by Gasteiger charge is 2.49. The van der Waals surface area contributed by atoms with Gasteiger partial charge in [-0.3, -0.25) is 9.59 Å². The van der Waals surface area contributed by atoms with Crippen LogP contribution in [0.4, 0.5) is 0 Å². The van der Waals surface area contributed by atoms with Crippen LogP contribution in [-0.2, 0) is 19.7 Å². The highest BCUT2D eigenvalue weighted by molar-refractivity contribution is 9.10. The summed E-state index contributed by atoms with van der Waals surface area (Å²) in [6, 6.07) is 6.83. The van der Waals surface area contributed by atoms with Crippen molar-refractivity contribution in [1.29, 1.82) is 0 Å². The maximum atomic E-state index is 12.4. The van der Waals surface area contributed by atoms with Gasteiger partial charge < -0.3 is 9.84 Å². The average Bonchev–Trinajstić information content (AvgIpc) is 2.41. The zero-order valence-electron chi connectivity index (χ0n) is 12.4. The highest BCUT2D eigenvalue weighted by atomic mass is 79.9. The van der Waals surface area contributed by atoms with Crippen LogP contribution in [0.25, 0.3) is 0 Å². The van der Waals surface area contributed by atoms with E-state index in [2.05, 4.69) is 15.9 Å². The topological polar surface area (TPSA) is 63.6 Å². The fourth-order valence-electron chi connectivity index (χ4n) is 2.01. The average molecular weight is 355 g/mol. The van der Waals surface area contributed by atoms with Gasteiger partial charge in [0.15, 0.2) is 5.41 Å². The van der Waals surface area contributed by atoms with Gasteiger partial charge >= 0.3 is 11.9 Å². The van der Waals surface area contributed by atoms with Crippen molar-refractivity contribution < 1.29 is 19.4 Å². The van der Waals surface area contributed by atoms with Crippen LogP contribution in [0.15, 0.2) is 40.4 Å². The number of carboxylic acids is 1. The molecule has 0 aliphatic carbocycles. The van der Waals surface area contributed by atoms with Gasteiger partial charge in [0.2, 0.25) is 0 Å². The number of halogens is 1. The second kappa shape index (κ2) is 7.41. The van der Waals surface area contributed by atoms with Crippen molar-refractivity contribution >= 4 is 27.9 Å². The number of carbonyl (C=O) groups is 2. The summed E-state index contributed by atoms with van der Waals surface area (Å²) in [5, 5.41) is 9.76. The number of allylic oxidation sites excluding steroid dienone is 2. The van der Waals surface area contributed by atoms with Gasteiger partial charge in [-0.1, -0.05) is 45.8 Å². The smallest absolute Gasteiger partial charge is 0.328 e. The van der Waals surface area contributed by atoms with Crippen LogP contribution in [0.3, 0.4) is 0 Å². The van der Waals surface area contributed by atoms with Gasteiger partial charge in [-0.2, -0.15) is 0 Å². The first-order valence-corrected chi connectivity index (χ1v) is 7.44. The highest BCUT2D eigenvalue weighted by Crippen LogP contribution is 2.36. The molecule has 0 heterocycles. The molecule has 0 aromatic heterocycles. The monoisotopic (exact) mass is 354 g/mol. The maximum Gasteiger partial charge on any atom is 0.328 e. The number of carbonyl (C=O) groups excluding carboxylic acids is 1. The summed E-state index contributed by atoms with van der Waals surface area (Å²) in [7, 11) is 0. The second-order valence-electron chi connectivity index (χ2n) is 4.90. The van der Waals surface area contributed by atoms with E-state index < -0.39 is 17.4 Å². The standard InChI is InChI=1S/C16H19BrO4/c1-4-21-15(20)16(14(18)19,10-9-11(2)3)12-7-5-6-8-13(12)17/h5-9H,4,10H2,1-3H3,(H,18,19). The zero-order valence-corrected chi connectivity index (χ0v) is 13.9. The summed E-state index contributed by atoms with van der Waals surface area (Å²) < 4.78 is 5.61. The van der Waals surface area contributed by atoms with E-state index in [4.69, 9.17) is 4.74 Å². The molecule has 0 aliphatic heterocycles. The van der Waals surface area contributed by atoms with Crippen molar-refractivity contribution in [1.82, 2.24) is 0 Å². The molecule has 0 aliphatic rings. The number of rotatable bonds is 6. The fourth-order valence-corrected chi connectivity index (χ4v) is 2.64. The normalized spacial score (nSPS) is 13.1. The SMILES string of the molecule is CCOC(=O)C(CC=C(C)C)(C(=O)O)c1ccccc1Br. The number of hydrogen-bond donors (Lipinski definition) is 1. The molecular formula is C16H19BrO4. The predicted octanol–water partition coefficient (Wildman–Crippen LogP) is 3.69. The van der Waals surface area contributed by atoms with E-state index in [0.717, 1.165) is 5.57 Å². The lowest BCUT2D eigenvalue weighted by atomic mass is 9.77. The fraction of sp³-hybridized carbons (Fsp3) is 0.375. The summed E-state index contributed by atoms with van der Waals surface area (Å²) in [5.41, 5.74) is -0.404. The van der Waals surface area contributed by atoms with Crippen LogP contribution in [0.5, 0.6) is 0 Å². The van der Waals surface area contributed by atoms with E-state index in [-0.39, 0.29) is 13.0 Å². The van der Waals surface area contributed by atoms with E-state index >= 15 is 0 Å². The minimum atomic E-state index is -1.74. The minimum Gasteiger partial charge on any atom is -0.480 e. The molecule has 1 atom stereocenters. The summed E-state index contributed by atoms with van der Waals surface area (Å²) in [5.74, 6) is -1.97. The molecule has 5 heteroatoms. The van der Waals surface area contributed by atoms with Crippen LogP contribution >= 0.6 is 15.9 Å². The number of esters is 1. The Kier molecular flexibility index (Phi) is 6.15. The molecule has 0 fully saturated rings. The van der Waals surface area contributed by atoms with Gasteiger partial charge in [0.05, 0.1) is 6.61 Å². The van der Waals surface area contributed by atoms with E-state index in [1.807, 2.05) is 13.8 Å². The van der Waals surface area contributed by atoms with Gasteiger partial charge in [0.1, 0.15) is 0 Å².